The van der Waals surface area contributed by atoms with Crippen molar-refractivity contribution in [1.82, 2.24) is 10.2 Å². The molecule has 130 valence electrons. The number of carbonyl (C=O) groups is 2. The first kappa shape index (κ1) is 17.2. The zero-order valence-electron chi connectivity index (χ0n) is 14.7. The molecule has 1 aliphatic heterocycles. The van der Waals surface area contributed by atoms with Gasteiger partial charge in [0.1, 0.15) is 0 Å². The summed E-state index contributed by atoms with van der Waals surface area (Å²) >= 11 is 0. The largest absolute Gasteiger partial charge is 0.350 e. The van der Waals surface area contributed by atoms with E-state index in [0.717, 1.165) is 17.5 Å². The lowest BCUT2D eigenvalue weighted by atomic mass is 9.90. The van der Waals surface area contributed by atoms with Gasteiger partial charge in [0, 0.05) is 13.5 Å². The van der Waals surface area contributed by atoms with Gasteiger partial charge in [-0.3, -0.25) is 9.59 Å². The maximum absolute atomic E-state index is 12.6. The standard InChI is InChI=1S/C21H24N2O2/c1-15(17-8-4-3-5-9-17)22-21(25)14-20-19-11-7-6-10-18(19)12-13-23(20)16(2)24/h3-11,15,20H,12-14H2,1-2H3,(H,22,25). The molecule has 0 aromatic heterocycles. The topological polar surface area (TPSA) is 49.4 Å². The van der Waals surface area contributed by atoms with E-state index in [1.54, 1.807) is 6.92 Å². The first-order valence-corrected chi connectivity index (χ1v) is 8.75. The van der Waals surface area contributed by atoms with Crippen molar-refractivity contribution in [2.75, 3.05) is 6.54 Å². The maximum atomic E-state index is 12.6. The van der Waals surface area contributed by atoms with E-state index in [2.05, 4.69) is 11.4 Å². The van der Waals surface area contributed by atoms with Crippen molar-refractivity contribution in [3.63, 3.8) is 0 Å². The van der Waals surface area contributed by atoms with Crippen LogP contribution in [-0.4, -0.2) is 23.3 Å². The number of nitrogens with zero attached hydrogens (tertiary/aromatic N) is 1. The average molecular weight is 336 g/mol. The van der Waals surface area contributed by atoms with Gasteiger partial charge >= 0.3 is 0 Å². The second-order valence-electron chi connectivity index (χ2n) is 6.58. The number of hydrogen-bond acceptors (Lipinski definition) is 2. The third-order valence-electron chi connectivity index (χ3n) is 4.87. The molecule has 4 heteroatoms. The lowest BCUT2D eigenvalue weighted by molar-refractivity contribution is -0.133. The summed E-state index contributed by atoms with van der Waals surface area (Å²) < 4.78 is 0. The predicted molar refractivity (Wildman–Crippen MR) is 97.9 cm³/mol. The smallest absolute Gasteiger partial charge is 0.222 e. The van der Waals surface area contributed by atoms with Crippen LogP contribution in [0.3, 0.4) is 0 Å². The van der Waals surface area contributed by atoms with Crippen molar-refractivity contribution in [2.45, 2.75) is 38.8 Å². The van der Waals surface area contributed by atoms with Gasteiger partial charge in [-0.25, -0.2) is 0 Å². The van der Waals surface area contributed by atoms with E-state index in [-0.39, 0.29) is 30.3 Å². The Morgan fingerprint density at radius 1 is 1.12 bits per heavy atom. The Kier molecular flexibility index (Phi) is 5.17. The number of benzene rings is 2. The molecule has 0 radical (unpaired) electrons. The molecule has 2 aromatic rings. The molecule has 1 N–H and O–H groups in total. The molecule has 2 unspecified atom stereocenters. The number of hydrogen-bond donors (Lipinski definition) is 1. The molecular weight excluding hydrogens is 312 g/mol. The summed E-state index contributed by atoms with van der Waals surface area (Å²) in [6.07, 6.45) is 1.13. The summed E-state index contributed by atoms with van der Waals surface area (Å²) in [4.78, 5) is 26.5. The van der Waals surface area contributed by atoms with E-state index in [4.69, 9.17) is 0 Å². The quantitative estimate of drug-likeness (QED) is 0.930. The van der Waals surface area contributed by atoms with Crippen molar-refractivity contribution in [2.24, 2.45) is 0 Å². The lowest BCUT2D eigenvalue weighted by Gasteiger charge is -2.36. The highest BCUT2D eigenvalue weighted by atomic mass is 16.2. The van der Waals surface area contributed by atoms with E-state index >= 15 is 0 Å². The maximum Gasteiger partial charge on any atom is 0.222 e. The van der Waals surface area contributed by atoms with Gasteiger partial charge in [0.05, 0.1) is 18.5 Å². The van der Waals surface area contributed by atoms with Crippen LogP contribution in [0.25, 0.3) is 0 Å². The first-order valence-electron chi connectivity index (χ1n) is 8.75. The van der Waals surface area contributed by atoms with E-state index < -0.39 is 0 Å². The number of rotatable bonds is 4. The van der Waals surface area contributed by atoms with Crippen molar-refractivity contribution < 1.29 is 9.59 Å². The molecule has 0 fully saturated rings. The summed E-state index contributed by atoms with van der Waals surface area (Å²) in [6, 6.07) is 17.8. The van der Waals surface area contributed by atoms with Crippen molar-refractivity contribution >= 4 is 11.8 Å². The summed E-state index contributed by atoms with van der Waals surface area (Å²) in [7, 11) is 0. The van der Waals surface area contributed by atoms with Gasteiger partial charge < -0.3 is 10.2 Å². The molecule has 3 rings (SSSR count). The molecule has 2 amide bonds. The van der Waals surface area contributed by atoms with Crippen molar-refractivity contribution in [3.05, 3.63) is 71.3 Å². The summed E-state index contributed by atoms with van der Waals surface area (Å²) in [5, 5.41) is 3.06. The zero-order valence-corrected chi connectivity index (χ0v) is 14.7. The van der Waals surface area contributed by atoms with E-state index in [0.29, 0.717) is 6.54 Å². The highest BCUT2D eigenvalue weighted by molar-refractivity contribution is 5.80. The molecule has 0 aliphatic carbocycles. The second kappa shape index (κ2) is 7.51. The Morgan fingerprint density at radius 2 is 1.80 bits per heavy atom. The highest BCUT2D eigenvalue weighted by Crippen LogP contribution is 2.32. The highest BCUT2D eigenvalue weighted by Gasteiger charge is 2.30. The Bertz CT molecular complexity index is 758. The second-order valence-corrected chi connectivity index (χ2v) is 6.58. The number of amides is 2. The van der Waals surface area contributed by atoms with Gasteiger partial charge in [-0.2, -0.15) is 0 Å². The Morgan fingerprint density at radius 3 is 2.52 bits per heavy atom. The summed E-state index contributed by atoms with van der Waals surface area (Å²) in [5.74, 6) is -0.0206. The third kappa shape index (κ3) is 3.90. The summed E-state index contributed by atoms with van der Waals surface area (Å²) in [6.45, 7) is 4.22. The van der Waals surface area contributed by atoms with Crippen LogP contribution in [0.5, 0.6) is 0 Å². The zero-order chi connectivity index (χ0) is 17.8. The Hall–Kier alpha value is -2.62. The van der Waals surface area contributed by atoms with Gasteiger partial charge in [-0.15, -0.1) is 0 Å². The molecular formula is C21H24N2O2. The van der Waals surface area contributed by atoms with Crippen LogP contribution in [0, 0.1) is 0 Å². The van der Waals surface area contributed by atoms with E-state index in [1.807, 2.05) is 60.4 Å². The molecule has 0 saturated heterocycles. The fraction of sp³-hybridized carbons (Fsp3) is 0.333. The van der Waals surface area contributed by atoms with Gasteiger partial charge in [-0.05, 0) is 30.0 Å². The molecule has 0 spiro atoms. The van der Waals surface area contributed by atoms with Gasteiger partial charge in [0.15, 0.2) is 0 Å². The lowest BCUT2D eigenvalue weighted by Crippen LogP contribution is -2.41. The first-order chi connectivity index (χ1) is 12.1. The number of nitrogens with one attached hydrogen (secondary N) is 1. The third-order valence-corrected chi connectivity index (χ3v) is 4.87. The predicted octanol–water partition coefficient (Wildman–Crippen LogP) is 3.40. The minimum absolute atomic E-state index is 0.0170. The number of fused-ring (bicyclic) bond motifs is 1. The van der Waals surface area contributed by atoms with Crippen LogP contribution < -0.4 is 5.32 Å². The van der Waals surface area contributed by atoms with E-state index in [9.17, 15) is 9.59 Å². The average Bonchev–Trinajstić information content (AvgIpc) is 2.62. The minimum Gasteiger partial charge on any atom is -0.350 e. The molecule has 0 bridgehead atoms. The van der Waals surface area contributed by atoms with Crippen molar-refractivity contribution in [3.8, 4) is 0 Å². The van der Waals surface area contributed by atoms with Crippen molar-refractivity contribution in [1.29, 1.82) is 0 Å². The fourth-order valence-electron chi connectivity index (χ4n) is 3.55. The monoisotopic (exact) mass is 336 g/mol. The molecule has 1 aliphatic rings. The van der Waals surface area contributed by atoms with Crippen LogP contribution in [0.4, 0.5) is 0 Å². The van der Waals surface area contributed by atoms with E-state index in [1.165, 1.54) is 5.56 Å². The van der Waals surface area contributed by atoms with Gasteiger partial charge in [0.2, 0.25) is 11.8 Å². The van der Waals surface area contributed by atoms with Crippen LogP contribution in [0.2, 0.25) is 0 Å². The van der Waals surface area contributed by atoms with Crippen LogP contribution in [-0.2, 0) is 16.0 Å². The molecule has 2 aromatic carbocycles. The molecule has 0 saturated carbocycles. The van der Waals surface area contributed by atoms with Gasteiger partial charge in [-0.1, -0.05) is 54.6 Å². The number of carbonyl (C=O) groups excluding carboxylic acids is 2. The van der Waals surface area contributed by atoms with Crippen LogP contribution in [0.1, 0.15) is 49.0 Å². The Labute approximate surface area is 148 Å². The fourth-order valence-corrected chi connectivity index (χ4v) is 3.55. The molecule has 25 heavy (non-hydrogen) atoms. The normalized spacial score (nSPS) is 17.5. The minimum atomic E-state index is -0.189. The summed E-state index contributed by atoms with van der Waals surface area (Å²) in [5.41, 5.74) is 3.39. The molecule has 2 atom stereocenters. The molecule has 1 heterocycles. The van der Waals surface area contributed by atoms with Gasteiger partial charge in [0.25, 0.3) is 0 Å². The van der Waals surface area contributed by atoms with Crippen LogP contribution in [0.15, 0.2) is 54.6 Å². The Balaban J connectivity index is 1.75. The molecule has 4 nitrogen and oxygen atoms in total. The SMILES string of the molecule is CC(=O)N1CCc2ccccc2C1CC(=O)NC(C)c1ccccc1. The van der Waals surface area contributed by atoms with Crippen LogP contribution >= 0.6 is 0 Å².